The van der Waals surface area contributed by atoms with Crippen molar-refractivity contribution < 1.29 is 18.3 Å². The van der Waals surface area contributed by atoms with Crippen LogP contribution in [0.4, 0.5) is 14.5 Å². The number of halogens is 2. The molecular weight excluding hydrogens is 496 g/mol. The molecule has 1 aliphatic rings. The van der Waals surface area contributed by atoms with E-state index in [0.29, 0.717) is 31.9 Å². The number of hydrogen-bond acceptors (Lipinski definition) is 5. The second-order valence-electron chi connectivity index (χ2n) is 8.26. The molecule has 0 unspecified atom stereocenters. The maximum absolute atomic E-state index is 13.7. The van der Waals surface area contributed by atoms with Crippen molar-refractivity contribution in [2.75, 3.05) is 5.32 Å². The zero-order valence-electron chi connectivity index (χ0n) is 19.6. The van der Waals surface area contributed by atoms with Gasteiger partial charge in [-0.05, 0) is 48.4 Å². The summed E-state index contributed by atoms with van der Waals surface area (Å²) in [4.78, 5) is 32.2. The fourth-order valence-corrected chi connectivity index (χ4v) is 5.23. The number of fused-ring (bicyclic) bond motifs is 1. The van der Waals surface area contributed by atoms with Gasteiger partial charge in [0.15, 0.2) is 4.80 Å². The minimum absolute atomic E-state index is 0.0300. The molecule has 0 saturated heterocycles. The lowest BCUT2D eigenvalue weighted by Gasteiger charge is -2.25. The third kappa shape index (κ3) is 5.12. The molecule has 5 rings (SSSR count). The van der Waals surface area contributed by atoms with Gasteiger partial charge in [-0.3, -0.25) is 14.2 Å². The highest BCUT2D eigenvalue weighted by atomic mass is 32.1. The van der Waals surface area contributed by atoms with E-state index in [-0.39, 0.29) is 17.2 Å². The van der Waals surface area contributed by atoms with Gasteiger partial charge in [-0.1, -0.05) is 72.0 Å². The van der Waals surface area contributed by atoms with E-state index in [2.05, 4.69) is 15.0 Å². The number of carbonyl (C=O) groups is 1. The summed E-state index contributed by atoms with van der Waals surface area (Å²) in [5.74, 6) is -0.312. The van der Waals surface area contributed by atoms with Crippen LogP contribution in [0.2, 0.25) is 0 Å². The Morgan fingerprint density at radius 2 is 1.68 bits per heavy atom. The summed E-state index contributed by atoms with van der Waals surface area (Å²) in [5.41, 5.74) is 2.64. The number of anilines is 1. The lowest BCUT2D eigenvalue weighted by Crippen LogP contribution is -2.40. The Balaban J connectivity index is 1.60. The molecule has 0 radical (unpaired) electrons. The average Bonchev–Trinajstić information content (AvgIpc) is 3.19. The summed E-state index contributed by atoms with van der Waals surface area (Å²) in [6.45, 7) is -1.15. The van der Waals surface area contributed by atoms with Gasteiger partial charge in [0.25, 0.3) is 11.5 Å². The summed E-state index contributed by atoms with van der Waals surface area (Å²) in [7, 11) is 0. The van der Waals surface area contributed by atoms with Crippen LogP contribution in [-0.4, -0.2) is 17.1 Å². The van der Waals surface area contributed by atoms with Gasteiger partial charge in [0.1, 0.15) is 5.75 Å². The van der Waals surface area contributed by atoms with E-state index < -0.39 is 12.7 Å². The van der Waals surface area contributed by atoms with Gasteiger partial charge in [-0.2, -0.15) is 8.78 Å². The molecule has 1 aliphatic heterocycles. The number of thiazole rings is 1. The molecule has 0 saturated carbocycles. The van der Waals surface area contributed by atoms with Gasteiger partial charge >= 0.3 is 6.61 Å². The number of carbonyl (C=O) groups excluding carboxylic acids is 1. The molecule has 1 N–H and O–H groups in total. The number of allylic oxidation sites excluding steroid dienone is 1. The number of nitrogens with zero attached hydrogens (tertiary/aromatic N) is 2. The summed E-state index contributed by atoms with van der Waals surface area (Å²) >= 11 is 1.20. The molecule has 1 atom stereocenters. The number of hydrogen-bond donors (Lipinski definition) is 1. The molecule has 3 aromatic carbocycles. The lowest BCUT2D eigenvalue weighted by atomic mass is 9.95. The van der Waals surface area contributed by atoms with Gasteiger partial charge in [-0.25, -0.2) is 4.99 Å². The van der Waals surface area contributed by atoms with Crippen LogP contribution in [-0.2, 0) is 4.79 Å². The van der Waals surface area contributed by atoms with E-state index in [4.69, 9.17) is 0 Å². The number of rotatable bonds is 6. The van der Waals surface area contributed by atoms with E-state index in [0.717, 1.165) is 5.56 Å². The Morgan fingerprint density at radius 3 is 2.32 bits per heavy atom. The number of benzene rings is 3. The minimum atomic E-state index is -2.91. The van der Waals surface area contributed by atoms with Crippen LogP contribution in [0, 0.1) is 0 Å². The van der Waals surface area contributed by atoms with Crippen molar-refractivity contribution >= 4 is 29.0 Å². The van der Waals surface area contributed by atoms with Crippen LogP contribution >= 0.6 is 11.3 Å². The molecule has 0 aliphatic carbocycles. The first-order chi connectivity index (χ1) is 17.9. The zero-order chi connectivity index (χ0) is 25.9. The van der Waals surface area contributed by atoms with Gasteiger partial charge < -0.3 is 10.1 Å². The Kier molecular flexibility index (Phi) is 6.78. The Bertz CT molecular complexity index is 1640. The predicted octanol–water partition coefficient (Wildman–Crippen LogP) is 4.48. The van der Waals surface area contributed by atoms with Crippen molar-refractivity contribution in [1.29, 1.82) is 0 Å². The minimum Gasteiger partial charge on any atom is -0.435 e. The average molecular weight is 518 g/mol. The standard InChI is InChI=1S/C28H21F2N3O3S/c1-17-23(25(34)32-20-10-6-3-7-11-20)24(19-8-4-2-5-9-19)33-26(35)22(37-28(33)31-17)16-18-12-14-21(15-13-18)36-27(29)30/h2-16,24,27H,1H3,(H,32,34)/b22-16+/t24-/m0/s1. The molecule has 37 heavy (non-hydrogen) atoms. The number of aromatic nitrogens is 1. The SMILES string of the molecule is CC1=C(C(=O)Nc2ccccc2)[C@H](c2ccccc2)n2c(s/c(=C/c3ccc(OC(F)F)cc3)c2=O)=N1. The second-order valence-corrected chi connectivity index (χ2v) is 9.27. The second kappa shape index (κ2) is 10.3. The van der Waals surface area contributed by atoms with E-state index in [1.54, 1.807) is 37.3 Å². The molecule has 2 heterocycles. The molecule has 6 nitrogen and oxygen atoms in total. The van der Waals surface area contributed by atoms with Gasteiger partial charge in [-0.15, -0.1) is 0 Å². The maximum Gasteiger partial charge on any atom is 0.387 e. The number of amides is 1. The van der Waals surface area contributed by atoms with Crippen molar-refractivity contribution in [3.05, 3.63) is 127 Å². The topological polar surface area (TPSA) is 72.7 Å². The smallest absolute Gasteiger partial charge is 0.387 e. The van der Waals surface area contributed by atoms with Crippen LogP contribution in [0.15, 0.2) is 106 Å². The number of alkyl halides is 2. The molecule has 0 fully saturated rings. The van der Waals surface area contributed by atoms with E-state index in [9.17, 15) is 18.4 Å². The highest BCUT2D eigenvalue weighted by Gasteiger charge is 2.32. The highest BCUT2D eigenvalue weighted by Crippen LogP contribution is 2.30. The largest absolute Gasteiger partial charge is 0.435 e. The summed E-state index contributed by atoms with van der Waals surface area (Å²) in [5, 5.41) is 2.92. The Labute approximate surface area is 214 Å². The first-order valence-corrected chi connectivity index (χ1v) is 12.2. The summed E-state index contributed by atoms with van der Waals surface area (Å²) in [6.07, 6.45) is 1.67. The summed E-state index contributed by atoms with van der Waals surface area (Å²) < 4.78 is 31.2. The van der Waals surface area contributed by atoms with Gasteiger partial charge in [0.05, 0.1) is 21.8 Å². The van der Waals surface area contributed by atoms with Crippen LogP contribution in [0.25, 0.3) is 6.08 Å². The number of para-hydroxylation sites is 1. The van der Waals surface area contributed by atoms with E-state index in [1.807, 2.05) is 48.5 Å². The first-order valence-electron chi connectivity index (χ1n) is 11.4. The van der Waals surface area contributed by atoms with Crippen molar-refractivity contribution in [2.45, 2.75) is 19.6 Å². The van der Waals surface area contributed by atoms with Crippen molar-refractivity contribution in [3.8, 4) is 5.75 Å². The lowest BCUT2D eigenvalue weighted by molar-refractivity contribution is -0.113. The third-order valence-electron chi connectivity index (χ3n) is 5.82. The molecule has 186 valence electrons. The molecule has 0 bridgehead atoms. The maximum atomic E-state index is 13.7. The van der Waals surface area contributed by atoms with Crippen LogP contribution in [0.5, 0.6) is 5.75 Å². The Morgan fingerprint density at radius 1 is 1.03 bits per heavy atom. The molecule has 9 heteroatoms. The molecule has 4 aromatic rings. The monoisotopic (exact) mass is 517 g/mol. The normalized spacial score (nSPS) is 15.4. The highest BCUT2D eigenvalue weighted by molar-refractivity contribution is 7.07. The fourth-order valence-electron chi connectivity index (χ4n) is 4.18. The van der Waals surface area contributed by atoms with Gasteiger partial charge in [0, 0.05) is 5.69 Å². The van der Waals surface area contributed by atoms with Crippen LogP contribution in [0.1, 0.15) is 24.1 Å². The third-order valence-corrected chi connectivity index (χ3v) is 6.80. The van der Waals surface area contributed by atoms with Crippen LogP contribution in [0.3, 0.4) is 0 Å². The quantitative estimate of drug-likeness (QED) is 0.410. The number of nitrogens with one attached hydrogen (secondary N) is 1. The van der Waals surface area contributed by atoms with Crippen LogP contribution < -0.4 is 24.9 Å². The number of ether oxygens (including phenoxy) is 1. The van der Waals surface area contributed by atoms with Gasteiger partial charge in [0.2, 0.25) is 0 Å². The van der Waals surface area contributed by atoms with E-state index >= 15 is 0 Å². The fraction of sp³-hybridized carbons (Fsp3) is 0.107. The zero-order valence-corrected chi connectivity index (χ0v) is 20.4. The summed E-state index contributed by atoms with van der Waals surface area (Å²) in [6, 6.07) is 23.8. The molecule has 1 amide bonds. The molecule has 1 aromatic heterocycles. The van der Waals surface area contributed by atoms with E-state index in [1.165, 1.54) is 28.0 Å². The first kappa shape index (κ1) is 24.3. The molecular formula is C28H21F2N3O3S. The van der Waals surface area contributed by atoms with Crippen molar-refractivity contribution in [3.63, 3.8) is 0 Å². The Hall–Kier alpha value is -4.37. The van der Waals surface area contributed by atoms with Crippen molar-refractivity contribution in [1.82, 2.24) is 4.57 Å². The van der Waals surface area contributed by atoms with Crippen molar-refractivity contribution in [2.24, 2.45) is 4.99 Å². The molecule has 0 spiro atoms. The predicted molar refractivity (Wildman–Crippen MR) is 138 cm³/mol.